The van der Waals surface area contributed by atoms with Crippen LogP contribution in [0.2, 0.25) is 0 Å². The number of ketones is 1. The predicted octanol–water partition coefficient (Wildman–Crippen LogP) is 3.93. The number of aryl methyl sites for hydroxylation is 1. The van der Waals surface area contributed by atoms with Crippen molar-refractivity contribution in [1.29, 1.82) is 0 Å². The summed E-state index contributed by atoms with van der Waals surface area (Å²) in [5.74, 6) is -0.488. The second kappa shape index (κ2) is 9.58. The molecule has 1 fully saturated rings. The molecule has 2 aromatic rings. The molecule has 0 N–H and O–H groups in total. The van der Waals surface area contributed by atoms with Gasteiger partial charge in [-0.2, -0.15) is 17.5 Å². The number of rotatable bonds is 7. The summed E-state index contributed by atoms with van der Waals surface area (Å²) >= 11 is 0. The van der Waals surface area contributed by atoms with E-state index < -0.39 is 22.3 Å². The van der Waals surface area contributed by atoms with Crippen LogP contribution in [0.4, 0.5) is 13.2 Å². The number of carbonyl (C=O) groups excluding carboxylic acids is 1. The van der Waals surface area contributed by atoms with Gasteiger partial charge in [-0.25, -0.2) is 13.4 Å². The van der Waals surface area contributed by atoms with Gasteiger partial charge in [0.1, 0.15) is 5.78 Å². The minimum absolute atomic E-state index is 0.0449. The Hall–Kier alpha value is -2.46. The first-order chi connectivity index (χ1) is 15.0. The molecular formula is C22H25F3N2O4S. The third-order valence-corrected chi connectivity index (χ3v) is 7.42. The van der Waals surface area contributed by atoms with E-state index in [2.05, 4.69) is 4.98 Å². The Kier molecular flexibility index (Phi) is 7.24. The van der Waals surface area contributed by atoms with Gasteiger partial charge in [-0.3, -0.25) is 4.79 Å². The third-order valence-electron chi connectivity index (χ3n) is 5.50. The maximum absolute atomic E-state index is 12.8. The number of alkyl halides is 3. The van der Waals surface area contributed by atoms with Crippen molar-refractivity contribution in [2.45, 2.75) is 50.3 Å². The molecule has 1 aliphatic rings. The average Bonchev–Trinajstić information content (AvgIpc) is 2.75. The van der Waals surface area contributed by atoms with E-state index in [0.29, 0.717) is 18.4 Å². The summed E-state index contributed by atoms with van der Waals surface area (Å²) in [7, 11) is -3.59. The van der Waals surface area contributed by atoms with Gasteiger partial charge in [0, 0.05) is 37.7 Å². The fourth-order valence-electron chi connectivity index (χ4n) is 3.46. The molecule has 10 heteroatoms. The lowest BCUT2D eigenvalue weighted by Crippen LogP contribution is -2.40. The van der Waals surface area contributed by atoms with Crippen LogP contribution in [0.3, 0.4) is 0 Å². The van der Waals surface area contributed by atoms with Crippen molar-refractivity contribution in [1.82, 2.24) is 9.29 Å². The Labute approximate surface area is 185 Å². The van der Waals surface area contributed by atoms with E-state index in [4.69, 9.17) is 4.74 Å². The number of Topliss-reactive ketones (excluding diaryl/α,β-unsaturated/α-hetero) is 1. The second-order valence-electron chi connectivity index (χ2n) is 7.94. The minimum Gasteiger partial charge on any atom is -0.465 e. The monoisotopic (exact) mass is 470 g/mol. The number of piperidine rings is 1. The molecule has 6 nitrogen and oxygen atoms in total. The lowest BCUT2D eigenvalue weighted by atomic mass is 9.90. The summed E-state index contributed by atoms with van der Waals surface area (Å²) in [5, 5.41) is 0. The van der Waals surface area contributed by atoms with Crippen molar-refractivity contribution in [2.75, 3.05) is 13.1 Å². The van der Waals surface area contributed by atoms with Crippen LogP contribution in [0.15, 0.2) is 47.5 Å². The van der Waals surface area contributed by atoms with E-state index in [1.807, 2.05) is 6.92 Å². The summed E-state index contributed by atoms with van der Waals surface area (Å²) in [5.41, 5.74) is 1.54. The van der Waals surface area contributed by atoms with Gasteiger partial charge < -0.3 is 4.74 Å². The molecule has 1 atom stereocenters. The molecule has 0 amide bonds. The highest BCUT2D eigenvalue weighted by Gasteiger charge is 2.38. The highest BCUT2D eigenvalue weighted by molar-refractivity contribution is 7.89. The number of nitrogens with zero attached hydrogens (tertiary/aromatic N) is 2. The summed E-state index contributed by atoms with van der Waals surface area (Å²) in [4.78, 5) is 16.7. The van der Waals surface area contributed by atoms with E-state index in [-0.39, 0.29) is 42.0 Å². The van der Waals surface area contributed by atoms with Gasteiger partial charge in [0.25, 0.3) is 0 Å². The number of carbonyl (C=O) groups is 1. The average molecular weight is 471 g/mol. The van der Waals surface area contributed by atoms with Gasteiger partial charge in [-0.05, 0) is 44.4 Å². The van der Waals surface area contributed by atoms with Crippen LogP contribution in [0.25, 0.3) is 0 Å². The molecule has 3 rings (SSSR count). The molecule has 0 spiro atoms. The molecule has 0 radical (unpaired) electrons. The van der Waals surface area contributed by atoms with Crippen molar-refractivity contribution >= 4 is 15.8 Å². The molecule has 1 aromatic heterocycles. The van der Waals surface area contributed by atoms with E-state index >= 15 is 0 Å². The van der Waals surface area contributed by atoms with Crippen LogP contribution < -0.4 is 4.74 Å². The van der Waals surface area contributed by atoms with Crippen molar-refractivity contribution in [3.63, 3.8) is 0 Å². The zero-order chi connectivity index (χ0) is 23.5. The predicted molar refractivity (Wildman–Crippen MR) is 112 cm³/mol. The molecule has 1 saturated heterocycles. The first-order valence-corrected chi connectivity index (χ1v) is 11.7. The smallest absolute Gasteiger partial charge is 0.425 e. The standard InChI is InChI=1S/C22H25F3N2O4S/c1-15-3-6-19(7-4-15)32(29,30)27-11-9-18(10-12-27)20(28)13-17-5-8-21(26-14-17)31-16(2)22(23,24)25/h3-8,14,16,18H,9-13H2,1-2H3. The van der Waals surface area contributed by atoms with Gasteiger partial charge in [-0.15, -0.1) is 0 Å². The fraction of sp³-hybridized carbons (Fsp3) is 0.455. The summed E-state index contributed by atoms with van der Waals surface area (Å²) < 4.78 is 69.4. The van der Waals surface area contributed by atoms with Crippen LogP contribution in [0.5, 0.6) is 5.88 Å². The van der Waals surface area contributed by atoms with Gasteiger partial charge in [0.2, 0.25) is 15.9 Å². The van der Waals surface area contributed by atoms with Gasteiger partial charge in [-0.1, -0.05) is 23.8 Å². The first-order valence-electron chi connectivity index (χ1n) is 10.2. The topological polar surface area (TPSA) is 76.6 Å². The van der Waals surface area contributed by atoms with Gasteiger partial charge >= 0.3 is 6.18 Å². The molecular weight excluding hydrogens is 445 g/mol. The first kappa shape index (κ1) is 24.2. The van der Waals surface area contributed by atoms with Crippen LogP contribution in [-0.2, 0) is 21.2 Å². The van der Waals surface area contributed by atoms with Crippen molar-refractivity contribution < 1.29 is 31.1 Å². The summed E-state index contributed by atoms with van der Waals surface area (Å²) in [6.45, 7) is 3.29. The molecule has 0 aliphatic carbocycles. The Morgan fingerprint density at radius 1 is 1.16 bits per heavy atom. The second-order valence-corrected chi connectivity index (χ2v) is 9.88. The van der Waals surface area contributed by atoms with Crippen LogP contribution in [0, 0.1) is 12.8 Å². The molecule has 1 aliphatic heterocycles. The number of benzene rings is 1. The number of aromatic nitrogens is 1. The molecule has 2 heterocycles. The lowest BCUT2D eigenvalue weighted by Gasteiger charge is -2.30. The van der Waals surface area contributed by atoms with E-state index in [1.165, 1.54) is 22.6 Å². The van der Waals surface area contributed by atoms with Crippen molar-refractivity contribution in [2.24, 2.45) is 5.92 Å². The molecule has 174 valence electrons. The molecule has 1 unspecified atom stereocenters. The molecule has 0 bridgehead atoms. The largest absolute Gasteiger partial charge is 0.465 e. The summed E-state index contributed by atoms with van der Waals surface area (Å²) in [6, 6.07) is 9.48. The highest BCUT2D eigenvalue weighted by Crippen LogP contribution is 2.26. The van der Waals surface area contributed by atoms with E-state index in [9.17, 15) is 26.4 Å². The Bertz CT molecular complexity index is 1030. The SMILES string of the molecule is Cc1ccc(S(=O)(=O)N2CCC(C(=O)Cc3ccc(OC(C)C(F)(F)F)nc3)CC2)cc1. The Morgan fingerprint density at radius 3 is 2.31 bits per heavy atom. The third kappa shape index (κ3) is 5.86. The molecule has 1 aromatic carbocycles. The van der Waals surface area contributed by atoms with Gasteiger partial charge in [0.15, 0.2) is 6.10 Å². The van der Waals surface area contributed by atoms with Crippen LogP contribution in [0.1, 0.15) is 30.9 Å². The molecule has 0 saturated carbocycles. The van der Waals surface area contributed by atoms with Crippen LogP contribution in [-0.4, -0.2) is 48.9 Å². The fourth-order valence-corrected chi connectivity index (χ4v) is 4.93. The highest BCUT2D eigenvalue weighted by atomic mass is 32.2. The van der Waals surface area contributed by atoms with Crippen LogP contribution >= 0.6 is 0 Å². The van der Waals surface area contributed by atoms with Crippen molar-refractivity contribution in [3.8, 4) is 5.88 Å². The lowest BCUT2D eigenvalue weighted by molar-refractivity contribution is -0.189. The zero-order valence-corrected chi connectivity index (χ0v) is 18.6. The normalized spacial score (nSPS) is 17.2. The maximum Gasteiger partial charge on any atom is 0.425 e. The molecule has 32 heavy (non-hydrogen) atoms. The van der Waals surface area contributed by atoms with E-state index in [0.717, 1.165) is 12.5 Å². The number of pyridine rings is 1. The van der Waals surface area contributed by atoms with E-state index in [1.54, 1.807) is 24.3 Å². The number of hydrogen-bond acceptors (Lipinski definition) is 5. The van der Waals surface area contributed by atoms with Crippen molar-refractivity contribution in [3.05, 3.63) is 53.7 Å². The maximum atomic E-state index is 12.8. The minimum atomic E-state index is -4.49. The Morgan fingerprint density at radius 2 is 1.78 bits per heavy atom. The quantitative estimate of drug-likeness (QED) is 0.613. The number of hydrogen-bond donors (Lipinski definition) is 0. The zero-order valence-electron chi connectivity index (χ0n) is 17.8. The van der Waals surface area contributed by atoms with Gasteiger partial charge in [0.05, 0.1) is 4.90 Å². The number of sulfonamides is 1. The number of ether oxygens (including phenoxy) is 1. The summed E-state index contributed by atoms with van der Waals surface area (Å²) in [6.07, 6.45) is -4.23. The number of halogens is 3. The Balaban J connectivity index is 1.54.